The Morgan fingerprint density at radius 1 is 1.24 bits per heavy atom. The highest BCUT2D eigenvalue weighted by atomic mass is 14.8. The smallest absolute Gasteiger partial charge is 0.0706 e. The van der Waals surface area contributed by atoms with Crippen LogP contribution in [0.15, 0.2) is 49.1 Å². The van der Waals surface area contributed by atoms with Crippen LogP contribution in [0.4, 0.5) is 0 Å². The van der Waals surface area contributed by atoms with Crippen LogP contribution in [0.2, 0.25) is 0 Å². The fourth-order valence-electron chi connectivity index (χ4n) is 1.92. The van der Waals surface area contributed by atoms with Crippen molar-refractivity contribution < 1.29 is 0 Å². The van der Waals surface area contributed by atoms with E-state index in [2.05, 4.69) is 23.7 Å². The molecular weight excluding hydrogens is 208 g/mol. The molecule has 0 saturated heterocycles. The van der Waals surface area contributed by atoms with E-state index in [9.17, 15) is 0 Å². The molecule has 0 bridgehead atoms. The van der Waals surface area contributed by atoms with E-state index >= 15 is 0 Å². The molecule has 17 heavy (non-hydrogen) atoms. The zero-order valence-electron chi connectivity index (χ0n) is 9.97. The molecule has 0 radical (unpaired) electrons. The highest BCUT2D eigenvalue weighted by Crippen LogP contribution is 2.18. The molecule has 0 amide bonds. The van der Waals surface area contributed by atoms with Crippen molar-refractivity contribution in [1.29, 1.82) is 0 Å². The molecule has 2 aromatic rings. The first-order valence-corrected chi connectivity index (χ1v) is 6.03. The number of aromatic nitrogens is 1. The molecule has 1 unspecified atom stereocenters. The van der Waals surface area contributed by atoms with E-state index in [0.717, 1.165) is 35.9 Å². The first-order valence-electron chi connectivity index (χ1n) is 6.03. The van der Waals surface area contributed by atoms with Gasteiger partial charge in [-0.2, -0.15) is 0 Å². The number of benzene rings is 1. The molecule has 0 spiro atoms. The van der Waals surface area contributed by atoms with Crippen LogP contribution in [0.5, 0.6) is 0 Å². The molecule has 2 nitrogen and oxygen atoms in total. The Bertz CT molecular complexity index is 505. The molecule has 0 saturated carbocycles. The lowest BCUT2D eigenvalue weighted by Gasteiger charge is -2.11. The van der Waals surface area contributed by atoms with Crippen LogP contribution in [-0.2, 0) is 0 Å². The van der Waals surface area contributed by atoms with Gasteiger partial charge in [0.1, 0.15) is 0 Å². The third kappa shape index (κ3) is 2.92. The second-order valence-corrected chi connectivity index (χ2v) is 4.25. The van der Waals surface area contributed by atoms with E-state index in [0.29, 0.717) is 0 Å². The van der Waals surface area contributed by atoms with Gasteiger partial charge >= 0.3 is 0 Å². The Kier molecular flexibility index (Phi) is 3.89. The van der Waals surface area contributed by atoms with Crippen molar-refractivity contribution in [3.63, 3.8) is 0 Å². The van der Waals surface area contributed by atoms with Crippen molar-refractivity contribution >= 4 is 10.9 Å². The second kappa shape index (κ2) is 5.60. The SMILES string of the molecule is C=CCCCC(N)c1ccc2ccccc2n1. The number of hydrogen-bond acceptors (Lipinski definition) is 2. The third-order valence-electron chi connectivity index (χ3n) is 2.92. The Morgan fingerprint density at radius 3 is 2.88 bits per heavy atom. The Morgan fingerprint density at radius 2 is 2.06 bits per heavy atom. The number of para-hydroxylation sites is 1. The molecule has 1 aromatic carbocycles. The van der Waals surface area contributed by atoms with Crippen LogP contribution in [0, 0.1) is 0 Å². The van der Waals surface area contributed by atoms with Gasteiger partial charge in [-0.05, 0) is 31.4 Å². The predicted octanol–water partition coefficient (Wildman–Crippen LogP) is 3.59. The highest BCUT2D eigenvalue weighted by molar-refractivity contribution is 5.78. The molecule has 0 aliphatic rings. The fourth-order valence-corrected chi connectivity index (χ4v) is 1.92. The molecule has 0 aliphatic heterocycles. The number of fused-ring (bicyclic) bond motifs is 1. The fraction of sp³-hybridized carbons (Fsp3) is 0.267. The van der Waals surface area contributed by atoms with Crippen LogP contribution in [0.1, 0.15) is 31.0 Å². The van der Waals surface area contributed by atoms with Crippen molar-refractivity contribution in [3.05, 3.63) is 54.7 Å². The van der Waals surface area contributed by atoms with Crippen LogP contribution < -0.4 is 5.73 Å². The maximum absolute atomic E-state index is 6.13. The number of nitrogens with two attached hydrogens (primary N) is 1. The van der Waals surface area contributed by atoms with Crippen molar-refractivity contribution in [2.45, 2.75) is 25.3 Å². The minimum absolute atomic E-state index is 0.0274. The van der Waals surface area contributed by atoms with Crippen LogP contribution in [0.25, 0.3) is 10.9 Å². The lowest BCUT2D eigenvalue weighted by Crippen LogP contribution is -2.11. The lowest BCUT2D eigenvalue weighted by molar-refractivity contribution is 0.605. The van der Waals surface area contributed by atoms with E-state index in [-0.39, 0.29) is 6.04 Å². The van der Waals surface area contributed by atoms with Gasteiger partial charge in [-0.25, -0.2) is 0 Å². The van der Waals surface area contributed by atoms with E-state index in [1.807, 2.05) is 30.3 Å². The molecule has 88 valence electrons. The largest absolute Gasteiger partial charge is 0.323 e. The van der Waals surface area contributed by atoms with Crippen molar-refractivity contribution in [2.24, 2.45) is 5.73 Å². The second-order valence-electron chi connectivity index (χ2n) is 4.25. The topological polar surface area (TPSA) is 38.9 Å². The molecular formula is C15H18N2. The van der Waals surface area contributed by atoms with Gasteiger partial charge in [0.25, 0.3) is 0 Å². The summed E-state index contributed by atoms with van der Waals surface area (Å²) in [4.78, 5) is 4.60. The summed E-state index contributed by atoms with van der Waals surface area (Å²) in [6.45, 7) is 3.71. The number of unbranched alkanes of at least 4 members (excludes halogenated alkanes) is 1. The Balaban J connectivity index is 2.15. The predicted molar refractivity (Wildman–Crippen MR) is 72.7 cm³/mol. The third-order valence-corrected chi connectivity index (χ3v) is 2.92. The molecule has 2 rings (SSSR count). The molecule has 1 atom stereocenters. The van der Waals surface area contributed by atoms with E-state index in [1.54, 1.807) is 0 Å². The quantitative estimate of drug-likeness (QED) is 0.625. The number of rotatable bonds is 5. The summed E-state index contributed by atoms with van der Waals surface area (Å²) in [6, 6.07) is 12.3. The molecule has 0 aliphatic carbocycles. The van der Waals surface area contributed by atoms with E-state index < -0.39 is 0 Å². The Hall–Kier alpha value is -1.67. The summed E-state index contributed by atoms with van der Waals surface area (Å²) in [6.07, 6.45) is 4.97. The van der Waals surface area contributed by atoms with Gasteiger partial charge in [-0.1, -0.05) is 30.3 Å². The van der Waals surface area contributed by atoms with Gasteiger partial charge in [0.2, 0.25) is 0 Å². The summed E-state index contributed by atoms with van der Waals surface area (Å²) in [5.41, 5.74) is 8.13. The van der Waals surface area contributed by atoms with Crippen molar-refractivity contribution in [2.75, 3.05) is 0 Å². The average molecular weight is 226 g/mol. The lowest BCUT2D eigenvalue weighted by atomic mass is 10.1. The number of hydrogen-bond donors (Lipinski definition) is 1. The number of nitrogens with zero attached hydrogens (tertiary/aromatic N) is 1. The first kappa shape index (κ1) is 11.8. The molecule has 1 heterocycles. The van der Waals surface area contributed by atoms with Crippen LogP contribution in [0.3, 0.4) is 0 Å². The van der Waals surface area contributed by atoms with Gasteiger partial charge in [-0.3, -0.25) is 4.98 Å². The molecule has 2 N–H and O–H groups in total. The van der Waals surface area contributed by atoms with Crippen LogP contribution in [-0.4, -0.2) is 4.98 Å². The van der Waals surface area contributed by atoms with Crippen LogP contribution >= 0.6 is 0 Å². The summed E-state index contributed by atoms with van der Waals surface area (Å²) in [5.74, 6) is 0. The zero-order valence-corrected chi connectivity index (χ0v) is 9.97. The van der Waals surface area contributed by atoms with Gasteiger partial charge in [0.05, 0.1) is 11.2 Å². The maximum Gasteiger partial charge on any atom is 0.0706 e. The van der Waals surface area contributed by atoms with Crippen molar-refractivity contribution in [3.8, 4) is 0 Å². The standard InChI is InChI=1S/C15H18N2/c1-2-3-4-8-13(16)15-11-10-12-7-5-6-9-14(12)17-15/h2,5-7,9-11,13H,1,3-4,8,16H2. The normalized spacial score (nSPS) is 12.5. The summed E-state index contributed by atoms with van der Waals surface area (Å²) < 4.78 is 0. The van der Waals surface area contributed by atoms with Gasteiger partial charge in [0.15, 0.2) is 0 Å². The van der Waals surface area contributed by atoms with Gasteiger partial charge in [-0.15, -0.1) is 6.58 Å². The highest BCUT2D eigenvalue weighted by Gasteiger charge is 2.07. The minimum Gasteiger partial charge on any atom is -0.323 e. The molecule has 1 aromatic heterocycles. The maximum atomic E-state index is 6.13. The monoisotopic (exact) mass is 226 g/mol. The summed E-state index contributed by atoms with van der Waals surface area (Å²) in [7, 11) is 0. The van der Waals surface area contributed by atoms with E-state index in [4.69, 9.17) is 5.73 Å². The van der Waals surface area contributed by atoms with E-state index in [1.165, 1.54) is 0 Å². The molecule has 0 fully saturated rings. The average Bonchev–Trinajstić information content (AvgIpc) is 2.38. The van der Waals surface area contributed by atoms with Gasteiger partial charge < -0.3 is 5.73 Å². The van der Waals surface area contributed by atoms with Crippen molar-refractivity contribution in [1.82, 2.24) is 4.98 Å². The minimum atomic E-state index is 0.0274. The molecule has 2 heteroatoms. The zero-order chi connectivity index (χ0) is 12.1. The van der Waals surface area contributed by atoms with Gasteiger partial charge in [0, 0.05) is 11.4 Å². The number of allylic oxidation sites excluding steroid dienone is 1. The Labute approximate surface area is 102 Å². The number of pyridine rings is 1. The first-order chi connectivity index (χ1) is 8.31. The summed E-state index contributed by atoms with van der Waals surface area (Å²) >= 11 is 0. The summed E-state index contributed by atoms with van der Waals surface area (Å²) in [5, 5.41) is 1.16.